The van der Waals surface area contributed by atoms with Crippen molar-refractivity contribution in [1.82, 2.24) is 20.4 Å². The van der Waals surface area contributed by atoms with Gasteiger partial charge in [-0.25, -0.2) is 0 Å². The molecular weight excluding hydrogens is 421 g/mol. The maximum Gasteiger partial charge on any atom is 0.190 e. The number of aromatic nitrogens is 2. The van der Waals surface area contributed by atoms with Gasteiger partial charge in [0.15, 0.2) is 5.96 Å². The van der Waals surface area contributed by atoms with Crippen molar-refractivity contribution in [1.29, 1.82) is 0 Å². The summed E-state index contributed by atoms with van der Waals surface area (Å²) in [6.45, 7) is 4.02. The third-order valence-electron chi connectivity index (χ3n) is 3.60. The molecule has 0 bridgehead atoms. The van der Waals surface area contributed by atoms with Crippen molar-refractivity contribution in [3.63, 3.8) is 0 Å². The van der Waals surface area contributed by atoms with Crippen LogP contribution in [0.4, 0.5) is 0 Å². The predicted molar refractivity (Wildman–Crippen MR) is 109 cm³/mol. The molecule has 5 nitrogen and oxygen atoms in total. The monoisotopic (exact) mass is 447 g/mol. The minimum absolute atomic E-state index is 0. The number of guanidine groups is 1. The first kappa shape index (κ1) is 20.0. The summed E-state index contributed by atoms with van der Waals surface area (Å²) in [7, 11) is 3.76. The van der Waals surface area contributed by atoms with E-state index in [1.165, 1.54) is 11.1 Å². The lowest BCUT2D eigenvalue weighted by molar-refractivity contribution is 0.689. The van der Waals surface area contributed by atoms with Crippen LogP contribution in [-0.2, 0) is 13.5 Å². The molecule has 0 saturated heterocycles. The topological polar surface area (TPSA) is 54.2 Å². The molecule has 2 heterocycles. The van der Waals surface area contributed by atoms with Gasteiger partial charge >= 0.3 is 0 Å². The van der Waals surface area contributed by atoms with E-state index < -0.39 is 0 Å². The highest BCUT2D eigenvalue weighted by atomic mass is 127. The first-order chi connectivity index (χ1) is 10.7. The molecule has 1 unspecified atom stereocenters. The minimum Gasteiger partial charge on any atom is -0.356 e. The standard InChI is InChI=1S/C16H25N5S.HI/c1-13(15-6-8-22-12-15)9-19-16(17-2)18-7-4-5-14-10-20-21(3)11-14;/h6,8,10-13H,4-5,7,9H2,1-3H3,(H2,17,18,19);1H. The highest BCUT2D eigenvalue weighted by molar-refractivity contribution is 14.0. The Morgan fingerprint density at radius 1 is 1.43 bits per heavy atom. The Morgan fingerprint density at radius 2 is 2.26 bits per heavy atom. The molecule has 2 rings (SSSR count). The highest BCUT2D eigenvalue weighted by Gasteiger charge is 2.06. The van der Waals surface area contributed by atoms with Crippen LogP contribution >= 0.6 is 35.3 Å². The quantitative estimate of drug-likeness (QED) is 0.297. The van der Waals surface area contributed by atoms with Crippen LogP contribution in [0.3, 0.4) is 0 Å². The number of thiophene rings is 1. The Balaban J connectivity index is 0.00000264. The summed E-state index contributed by atoms with van der Waals surface area (Å²) in [6.07, 6.45) is 6.08. The number of rotatable bonds is 7. The van der Waals surface area contributed by atoms with E-state index in [1.807, 2.05) is 25.0 Å². The number of hydrogen-bond donors (Lipinski definition) is 2. The second-order valence-electron chi connectivity index (χ2n) is 5.46. The first-order valence-electron chi connectivity index (χ1n) is 7.63. The Hall–Kier alpha value is -1.09. The van der Waals surface area contributed by atoms with Crippen molar-refractivity contribution in [2.45, 2.75) is 25.7 Å². The third-order valence-corrected chi connectivity index (χ3v) is 4.31. The fourth-order valence-electron chi connectivity index (χ4n) is 2.24. The maximum absolute atomic E-state index is 4.27. The van der Waals surface area contributed by atoms with E-state index in [1.54, 1.807) is 11.3 Å². The number of nitrogens with one attached hydrogen (secondary N) is 2. The molecule has 0 fully saturated rings. The lowest BCUT2D eigenvalue weighted by Crippen LogP contribution is -2.39. The summed E-state index contributed by atoms with van der Waals surface area (Å²) >= 11 is 1.74. The maximum atomic E-state index is 4.27. The summed E-state index contributed by atoms with van der Waals surface area (Å²) in [5.74, 6) is 1.36. The summed E-state index contributed by atoms with van der Waals surface area (Å²) in [4.78, 5) is 4.27. The Labute approximate surface area is 159 Å². The highest BCUT2D eigenvalue weighted by Crippen LogP contribution is 2.16. The molecule has 2 aromatic rings. The van der Waals surface area contributed by atoms with Crippen LogP contribution in [0.5, 0.6) is 0 Å². The Morgan fingerprint density at radius 3 is 2.87 bits per heavy atom. The molecule has 0 amide bonds. The van der Waals surface area contributed by atoms with Crippen LogP contribution < -0.4 is 10.6 Å². The van der Waals surface area contributed by atoms with Crippen molar-refractivity contribution in [3.8, 4) is 0 Å². The second-order valence-corrected chi connectivity index (χ2v) is 6.24. The molecule has 0 aliphatic carbocycles. The van der Waals surface area contributed by atoms with Gasteiger partial charge in [-0.05, 0) is 46.7 Å². The summed E-state index contributed by atoms with van der Waals surface area (Å²) < 4.78 is 1.84. The molecule has 7 heteroatoms. The molecule has 0 aliphatic heterocycles. The molecule has 0 spiro atoms. The van der Waals surface area contributed by atoms with Crippen molar-refractivity contribution >= 4 is 41.3 Å². The molecule has 0 aliphatic rings. The molecule has 23 heavy (non-hydrogen) atoms. The fourth-order valence-corrected chi connectivity index (χ4v) is 3.03. The second kappa shape index (κ2) is 10.6. The molecule has 0 radical (unpaired) electrons. The van der Waals surface area contributed by atoms with Gasteiger partial charge in [0.2, 0.25) is 0 Å². The van der Waals surface area contributed by atoms with E-state index in [2.05, 4.69) is 50.7 Å². The van der Waals surface area contributed by atoms with Gasteiger partial charge < -0.3 is 10.6 Å². The zero-order chi connectivity index (χ0) is 15.8. The largest absolute Gasteiger partial charge is 0.356 e. The van der Waals surface area contributed by atoms with Gasteiger partial charge in [-0.2, -0.15) is 16.4 Å². The molecule has 2 N–H and O–H groups in total. The van der Waals surface area contributed by atoms with Crippen LogP contribution in [0.15, 0.2) is 34.2 Å². The van der Waals surface area contributed by atoms with Crippen molar-refractivity contribution < 1.29 is 0 Å². The van der Waals surface area contributed by atoms with Crippen LogP contribution in [-0.4, -0.2) is 35.9 Å². The number of nitrogens with zero attached hydrogens (tertiary/aromatic N) is 3. The number of halogens is 1. The van der Waals surface area contributed by atoms with Gasteiger partial charge in [0, 0.05) is 33.4 Å². The zero-order valence-electron chi connectivity index (χ0n) is 14.0. The average Bonchev–Trinajstić information content (AvgIpc) is 3.18. The van der Waals surface area contributed by atoms with E-state index in [0.717, 1.165) is 31.9 Å². The van der Waals surface area contributed by atoms with Gasteiger partial charge in [-0.3, -0.25) is 9.67 Å². The fraction of sp³-hybridized carbons (Fsp3) is 0.500. The van der Waals surface area contributed by atoms with Gasteiger partial charge in [-0.1, -0.05) is 6.92 Å². The summed E-state index contributed by atoms with van der Waals surface area (Å²) in [5, 5.41) is 15.3. The molecule has 1 atom stereocenters. The van der Waals surface area contributed by atoms with Gasteiger partial charge in [0.05, 0.1) is 6.20 Å². The average molecular weight is 447 g/mol. The predicted octanol–water partition coefficient (Wildman–Crippen LogP) is 3.00. The molecule has 0 aromatic carbocycles. The lowest BCUT2D eigenvalue weighted by Gasteiger charge is -2.15. The molecule has 0 saturated carbocycles. The lowest BCUT2D eigenvalue weighted by atomic mass is 10.1. The molecular formula is C16H26IN5S. The van der Waals surface area contributed by atoms with Gasteiger partial charge in [0.25, 0.3) is 0 Å². The van der Waals surface area contributed by atoms with Crippen LogP contribution in [0.2, 0.25) is 0 Å². The smallest absolute Gasteiger partial charge is 0.190 e. The molecule has 2 aromatic heterocycles. The SMILES string of the molecule is CN=C(NCCCc1cnn(C)c1)NCC(C)c1ccsc1.I. The number of aryl methyl sites for hydroxylation is 2. The Kier molecular flexibility index (Phi) is 9.23. The van der Waals surface area contributed by atoms with E-state index >= 15 is 0 Å². The van der Waals surface area contributed by atoms with Crippen molar-refractivity contribution in [3.05, 3.63) is 40.3 Å². The van der Waals surface area contributed by atoms with E-state index in [9.17, 15) is 0 Å². The first-order valence-corrected chi connectivity index (χ1v) is 8.57. The van der Waals surface area contributed by atoms with Crippen LogP contribution in [0.1, 0.15) is 30.4 Å². The number of aliphatic imine (C=N–C) groups is 1. The van der Waals surface area contributed by atoms with E-state index in [4.69, 9.17) is 0 Å². The van der Waals surface area contributed by atoms with E-state index in [-0.39, 0.29) is 24.0 Å². The van der Waals surface area contributed by atoms with Crippen molar-refractivity contribution in [2.75, 3.05) is 20.1 Å². The van der Waals surface area contributed by atoms with Crippen molar-refractivity contribution in [2.24, 2.45) is 12.0 Å². The minimum atomic E-state index is 0. The van der Waals surface area contributed by atoms with Gasteiger partial charge in [0.1, 0.15) is 0 Å². The third kappa shape index (κ3) is 6.90. The number of hydrogen-bond acceptors (Lipinski definition) is 3. The Bertz CT molecular complexity index is 579. The van der Waals surface area contributed by atoms with Crippen LogP contribution in [0.25, 0.3) is 0 Å². The summed E-state index contributed by atoms with van der Waals surface area (Å²) in [6, 6.07) is 2.18. The van der Waals surface area contributed by atoms with Crippen LogP contribution in [0, 0.1) is 0 Å². The molecule has 128 valence electrons. The summed E-state index contributed by atoms with van der Waals surface area (Å²) in [5.41, 5.74) is 2.66. The van der Waals surface area contributed by atoms with Gasteiger partial charge in [-0.15, -0.1) is 24.0 Å². The normalized spacial score (nSPS) is 12.6. The zero-order valence-corrected chi connectivity index (χ0v) is 17.1. The van der Waals surface area contributed by atoms with E-state index in [0.29, 0.717) is 5.92 Å².